The zero-order valence-corrected chi connectivity index (χ0v) is 13.2. The summed E-state index contributed by atoms with van der Waals surface area (Å²) in [5, 5.41) is 3.53. The lowest BCUT2D eigenvalue weighted by atomic mass is 10.1. The topological polar surface area (TPSA) is 12.0 Å². The van der Waals surface area contributed by atoms with E-state index in [2.05, 4.69) is 40.3 Å². The first-order chi connectivity index (χ1) is 8.33. The van der Waals surface area contributed by atoms with Crippen LogP contribution in [0.3, 0.4) is 0 Å². The molecule has 0 atom stereocenters. The van der Waals surface area contributed by atoms with E-state index < -0.39 is 0 Å². The van der Waals surface area contributed by atoms with Gasteiger partial charge >= 0.3 is 0 Å². The summed E-state index contributed by atoms with van der Waals surface area (Å²) >= 11 is 5.34. The Hall–Kier alpha value is 0.140. The first kappa shape index (κ1) is 15.2. The standard InChI is InChI=1S/C14H24BrNS/c1-2-3-4-5-6-7-11-16-12-10-13-8-9-14(15)17-13/h8-9,16H,2-7,10-12H2,1H3. The Bertz CT molecular complexity index is 286. The van der Waals surface area contributed by atoms with Gasteiger partial charge in [-0.05, 0) is 54.0 Å². The van der Waals surface area contributed by atoms with Crippen molar-refractivity contribution in [3.05, 3.63) is 20.8 Å². The molecule has 0 radical (unpaired) electrons. The highest BCUT2D eigenvalue weighted by atomic mass is 79.9. The van der Waals surface area contributed by atoms with Crippen LogP contribution in [0.2, 0.25) is 0 Å². The van der Waals surface area contributed by atoms with Crippen molar-refractivity contribution in [2.45, 2.75) is 51.9 Å². The van der Waals surface area contributed by atoms with E-state index in [4.69, 9.17) is 0 Å². The van der Waals surface area contributed by atoms with Gasteiger partial charge in [-0.1, -0.05) is 39.0 Å². The fourth-order valence-electron chi connectivity index (χ4n) is 1.85. The SMILES string of the molecule is CCCCCCCCNCCc1ccc(Br)s1. The van der Waals surface area contributed by atoms with Crippen molar-refractivity contribution in [3.63, 3.8) is 0 Å². The second-order valence-electron chi connectivity index (χ2n) is 4.47. The van der Waals surface area contributed by atoms with Gasteiger partial charge < -0.3 is 5.32 Å². The maximum atomic E-state index is 3.53. The Morgan fingerprint density at radius 1 is 1.06 bits per heavy atom. The maximum Gasteiger partial charge on any atom is 0.0701 e. The second kappa shape index (κ2) is 10.1. The molecule has 0 saturated heterocycles. The third-order valence-electron chi connectivity index (χ3n) is 2.88. The first-order valence-electron chi connectivity index (χ1n) is 6.78. The number of nitrogens with one attached hydrogen (secondary N) is 1. The summed E-state index contributed by atoms with van der Waals surface area (Å²) in [7, 11) is 0. The molecule has 0 aliphatic rings. The molecule has 0 aromatic carbocycles. The van der Waals surface area contributed by atoms with Crippen molar-refractivity contribution < 1.29 is 0 Å². The minimum atomic E-state index is 1.11. The number of rotatable bonds is 10. The predicted molar refractivity (Wildman–Crippen MR) is 82.0 cm³/mol. The van der Waals surface area contributed by atoms with Gasteiger partial charge in [0.05, 0.1) is 3.79 Å². The fourth-order valence-corrected chi connectivity index (χ4v) is 3.34. The molecule has 0 unspecified atom stereocenters. The normalized spacial score (nSPS) is 10.9. The number of hydrogen-bond donors (Lipinski definition) is 1. The van der Waals surface area contributed by atoms with Crippen LogP contribution in [0.25, 0.3) is 0 Å². The number of halogens is 1. The summed E-state index contributed by atoms with van der Waals surface area (Å²) in [5.41, 5.74) is 0. The van der Waals surface area contributed by atoms with Crippen molar-refractivity contribution in [2.75, 3.05) is 13.1 Å². The van der Waals surface area contributed by atoms with E-state index >= 15 is 0 Å². The smallest absolute Gasteiger partial charge is 0.0701 e. The molecule has 1 heterocycles. The van der Waals surface area contributed by atoms with Crippen molar-refractivity contribution in [3.8, 4) is 0 Å². The molecular formula is C14H24BrNS. The molecule has 98 valence electrons. The van der Waals surface area contributed by atoms with Gasteiger partial charge in [0, 0.05) is 4.88 Å². The van der Waals surface area contributed by atoms with Crippen LogP contribution in [0, 0.1) is 0 Å². The number of thiophene rings is 1. The molecule has 17 heavy (non-hydrogen) atoms. The molecule has 0 aliphatic heterocycles. The van der Waals surface area contributed by atoms with E-state index in [-0.39, 0.29) is 0 Å². The van der Waals surface area contributed by atoms with Gasteiger partial charge in [-0.3, -0.25) is 0 Å². The summed E-state index contributed by atoms with van der Waals surface area (Å²) in [6, 6.07) is 4.34. The predicted octanol–water partition coefficient (Wildman–Crippen LogP) is 5.00. The summed E-state index contributed by atoms with van der Waals surface area (Å²) < 4.78 is 1.24. The molecule has 1 N–H and O–H groups in total. The van der Waals surface area contributed by atoms with Gasteiger partial charge in [-0.15, -0.1) is 11.3 Å². The minimum absolute atomic E-state index is 1.11. The Kier molecular flexibility index (Phi) is 9.03. The van der Waals surface area contributed by atoms with Gasteiger partial charge in [-0.25, -0.2) is 0 Å². The zero-order valence-electron chi connectivity index (χ0n) is 10.8. The Morgan fingerprint density at radius 2 is 1.82 bits per heavy atom. The lowest BCUT2D eigenvalue weighted by molar-refractivity contribution is 0.573. The van der Waals surface area contributed by atoms with Gasteiger partial charge in [0.15, 0.2) is 0 Å². The van der Waals surface area contributed by atoms with Crippen LogP contribution in [0.4, 0.5) is 0 Å². The maximum absolute atomic E-state index is 3.53. The summed E-state index contributed by atoms with van der Waals surface area (Å²) in [5.74, 6) is 0. The quantitative estimate of drug-likeness (QED) is 0.598. The molecule has 1 nitrogen and oxygen atoms in total. The molecule has 1 rings (SSSR count). The van der Waals surface area contributed by atoms with Gasteiger partial charge in [-0.2, -0.15) is 0 Å². The Morgan fingerprint density at radius 3 is 2.53 bits per heavy atom. The molecule has 3 heteroatoms. The molecule has 0 aliphatic carbocycles. The fraction of sp³-hybridized carbons (Fsp3) is 0.714. The highest BCUT2D eigenvalue weighted by molar-refractivity contribution is 9.11. The van der Waals surface area contributed by atoms with Crippen molar-refractivity contribution in [1.29, 1.82) is 0 Å². The zero-order chi connectivity index (χ0) is 12.3. The number of unbranched alkanes of at least 4 members (excludes halogenated alkanes) is 5. The van der Waals surface area contributed by atoms with Crippen molar-refractivity contribution in [1.82, 2.24) is 5.32 Å². The molecule has 0 bridgehead atoms. The third kappa shape index (κ3) is 7.96. The van der Waals surface area contributed by atoms with Gasteiger partial charge in [0.25, 0.3) is 0 Å². The lowest BCUT2D eigenvalue weighted by Gasteiger charge is -2.03. The van der Waals surface area contributed by atoms with E-state index in [1.807, 2.05) is 11.3 Å². The van der Waals surface area contributed by atoms with E-state index in [0.717, 1.165) is 13.0 Å². The molecule has 0 amide bonds. The molecule has 1 aromatic heterocycles. The lowest BCUT2D eigenvalue weighted by Crippen LogP contribution is -2.18. The summed E-state index contributed by atoms with van der Waals surface area (Å²) in [6.07, 6.45) is 9.45. The largest absolute Gasteiger partial charge is 0.316 e. The molecule has 0 spiro atoms. The van der Waals surface area contributed by atoms with Crippen molar-refractivity contribution in [2.24, 2.45) is 0 Å². The average molecular weight is 318 g/mol. The highest BCUT2D eigenvalue weighted by Gasteiger charge is 1.97. The first-order valence-corrected chi connectivity index (χ1v) is 8.39. The second-order valence-corrected chi connectivity index (χ2v) is 7.02. The average Bonchev–Trinajstić information content (AvgIpc) is 2.73. The van der Waals surface area contributed by atoms with Gasteiger partial charge in [0.2, 0.25) is 0 Å². The monoisotopic (exact) mass is 317 g/mol. The van der Waals surface area contributed by atoms with Gasteiger partial charge in [0.1, 0.15) is 0 Å². The minimum Gasteiger partial charge on any atom is -0.316 e. The molecule has 1 aromatic rings. The van der Waals surface area contributed by atoms with Crippen LogP contribution in [-0.4, -0.2) is 13.1 Å². The highest BCUT2D eigenvalue weighted by Crippen LogP contribution is 2.21. The molecular weight excluding hydrogens is 294 g/mol. The van der Waals surface area contributed by atoms with Crippen LogP contribution >= 0.6 is 27.3 Å². The van der Waals surface area contributed by atoms with Crippen LogP contribution < -0.4 is 5.32 Å². The molecule has 0 fully saturated rings. The van der Waals surface area contributed by atoms with Crippen LogP contribution in [0.5, 0.6) is 0 Å². The van der Waals surface area contributed by atoms with Crippen LogP contribution in [0.1, 0.15) is 50.3 Å². The Labute approximate surface area is 118 Å². The summed E-state index contributed by atoms with van der Waals surface area (Å²) in [6.45, 7) is 4.56. The van der Waals surface area contributed by atoms with Crippen LogP contribution in [0.15, 0.2) is 15.9 Å². The third-order valence-corrected chi connectivity index (χ3v) is 4.57. The summed E-state index contributed by atoms with van der Waals surface area (Å²) in [4.78, 5) is 1.47. The van der Waals surface area contributed by atoms with E-state index in [1.54, 1.807) is 0 Å². The van der Waals surface area contributed by atoms with Crippen LogP contribution in [-0.2, 0) is 6.42 Å². The van der Waals surface area contributed by atoms with Crippen molar-refractivity contribution >= 4 is 27.3 Å². The Balaban J connectivity index is 1.84. The molecule has 0 saturated carbocycles. The number of hydrogen-bond acceptors (Lipinski definition) is 2. The van der Waals surface area contributed by atoms with E-state index in [0.29, 0.717) is 0 Å². The van der Waals surface area contributed by atoms with E-state index in [1.165, 1.54) is 53.7 Å². The van der Waals surface area contributed by atoms with E-state index in [9.17, 15) is 0 Å².